The van der Waals surface area contributed by atoms with Crippen molar-refractivity contribution in [1.82, 2.24) is 15.3 Å². The summed E-state index contributed by atoms with van der Waals surface area (Å²) in [6, 6.07) is 4.41. The van der Waals surface area contributed by atoms with Crippen molar-refractivity contribution in [2.45, 2.75) is 26.4 Å². The van der Waals surface area contributed by atoms with Crippen LogP contribution in [-0.4, -0.2) is 9.97 Å². The molecule has 2 aromatic rings. The van der Waals surface area contributed by atoms with E-state index in [1.54, 1.807) is 11.3 Å². The summed E-state index contributed by atoms with van der Waals surface area (Å²) < 4.78 is 0. The lowest BCUT2D eigenvalue weighted by atomic mass is 10.1. The van der Waals surface area contributed by atoms with Crippen molar-refractivity contribution in [1.29, 1.82) is 0 Å². The van der Waals surface area contributed by atoms with Gasteiger partial charge in [0, 0.05) is 36.1 Å². The summed E-state index contributed by atoms with van der Waals surface area (Å²) in [6.07, 6.45) is 5.58. The van der Waals surface area contributed by atoms with E-state index < -0.39 is 0 Å². The third-order valence-corrected chi connectivity index (χ3v) is 3.37. The van der Waals surface area contributed by atoms with Crippen LogP contribution in [0.2, 0.25) is 0 Å². The molecule has 84 valence electrons. The van der Waals surface area contributed by atoms with Gasteiger partial charge in [0.25, 0.3) is 0 Å². The van der Waals surface area contributed by atoms with Gasteiger partial charge in [-0.15, -0.1) is 11.3 Å². The standard InChI is InChI=1S/C12H15N3S/c1-9(11-3-5-13-6-4-11)14-7-12-8-15-10(2)16-12/h3-6,8-9,14H,7H2,1-2H3/t9-/m0/s1. The Morgan fingerprint density at radius 1 is 1.38 bits per heavy atom. The van der Waals surface area contributed by atoms with Gasteiger partial charge < -0.3 is 5.32 Å². The fraction of sp³-hybridized carbons (Fsp3) is 0.333. The molecule has 3 nitrogen and oxygen atoms in total. The van der Waals surface area contributed by atoms with Crippen LogP contribution in [0, 0.1) is 6.92 Å². The van der Waals surface area contributed by atoms with E-state index in [9.17, 15) is 0 Å². The molecular formula is C12H15N3S. The van der Waals surface area contributed by atoms with Gasteiger partial charge >= 0.3 is 0 Å². The third kappa shape index (κ3) is 2.87. The number of thiazole rings is 1. The van der Waals surface area contributed by atoms with Crippen molar-refractivity contribution in [2.24, 2.45) is 0 Å². The highest BCUT2D eigenvalue weighted by Crippen LogP contribution is 2.14. The average molecular weight is 233 g/mol. The quantitative estimate of drug-likeness (QED) is 0.882. The van der Waals surface area contributed by atoms with Crippen LogP contribution in [0.5, 0.6) is 0 Å². The van der Waals surface area contributed by atoms with Gasteiger partial charge in [-0.05, 0) is 31.5 Å². The van der Waals surface area contributed by atoms with E-state index in [1.807, 2.05) is 37.6 Å². The minimum Gasteiger partial charge on any atom is -0.305 e. The zero-order valence-electron chi connectivity index (χ0n) is 9.47. The fourth-order valence-electron chi connectivity index (χ4n) is 1.51. The van der Waals surface area contributed by atoms with Crippen LogP contribution in [0.25, 0.3) is 0 Å². The van der Waals surface area contributed by atoms with Gasteiger partial charge in [0.2, 0.25) is 0 Å². The Balaban J connectivity index is 1.91. The Labute approximate surface area is 99.6 Å². The van der Waals surface area contributed by atoms with Crippen LogP contribution in [0.1, 0.15) is 28.4 Å². The molecule has 0 bridgehead atoms. The fourth-order valence-corrected chi connectivity index (χ4v) is 2.26. The molecule has 0 aliphatic rings. The molecule has 4 heteroatoms. The molecule has 0 spiro atoms. The largest absolute Gasteiger partial charge is 0.305 e. The van der Waals surface area contributed by atoms with E-state index in [1.165, 1.54) is 10.4 Å². The topological polar surface area (TPSA) is 37.8 Å². The lowest BCUT2D eigenvalue weighted by molar-refractivity contribution is 0.578. The van der Waals surface area contributed by atoms with E-state index in [2.05, 4.69) is 22.2 Å². The maximum absolute atomic E-state index is 4.24. The SMILES string of the molecule is Cc1ncc(CN[C@@H](C)c2ccncc2)s1. The van der Waals surface area contributed by atoms with Crippen molar-refractivity contribution in [2.75, 3.05) is 0 Å². The van der Waals surface area contributed by atoms with Gasteiger partial charge in [-0.1, -0.05) is 0 Å². The van der Waals surface area contributed by atoms with Gasteiger partial charge in [0.15, 0.2) is 0 Å². The monoisotopic (exact) mass is 233 g/mol. The van der Waals surface area contributed by atoms with Crippen molar-refractivity contribution in [3.05, 3.63) is 46.2 Å². The van der Waals surface area contributed by atoms with Crippen LogP contribution in [0.15, 0.2) is 30.7 Å². The molecule has 2 heterocycles. The summed E-state index contributed by atoms with van der Waals surface area (Å²) in [4.78, 5) is 9.53. The van der Waals surface area contributed by atoms with Gasteiger partial charge in [-0.25, -0.2) is 4.98 Å². The van der Waals surface area contributed by atoms with Crippen molar-refractivity contribution < 1.29 is 0 Å². The Bertz CT molecular complexity index is 439. The summed E-state index contributed by atoms with van der Waals surface area (Å²) in [5.41, 5.74) is 1.26. The van der Waals surface area contributed by atoms with E-state index in [0.29, 0.717) is 6.04 Å². The maximum atomic E-state index is 4.24. The molecule has 0 unspecified atom stereocenters. The molecule has 2 rings (SSSR count). The second-order valence-electron chi connectivity index (χ2n) is 3.73. The minimum atomic E-state index is 0.338. The first-order chi connectivity index (χ1) is 7.75. The van der Waals surface area contributed by atoms with Crippen molar-refractivity contribution in [3.63, 3.8) is 0 Å². The van der Waals surface area contributed by atoms with E-state index in [0.717, 1.165) is 11.6 Å². The second-order valence-corrected chi connectivity index (χ2v) is 5.05. The van der Waals surface area contributed by atoms with Crippen molar-refractivity contribution in [3.8, 4) is 0 Å². The minimum absolute atomic E-state index is 0.338. The highest BCUT2D eigenvalue weighted by atomic mass is 32.1. The lowest BCUT2D eigenvalue weighted by Crippen LogP contribution is -2.17. The highest BCUT2D eigenvalue weighted by molar-refractivity contribution is 7.11. The zero-order valence-corrected chi connectivity index (χ0v) is 10.3. The summed E-state index contributed by atoms with van der Waals surface area (Å²) in [5, 5.41) is 4.59. The first-order valence-electron chi connectivity index (χ1n) is 5.30. The lowest BCUT2D eigenvalue weighted by Gasteiger charge is -2.12. The number of nitrogens with one attached hydrogen (secondary N) is 1. The third-order valence-electron chi connectivity index (χ3n) is 2.46. The predicted molar refractivity (Wildman–Crippen MR) is 66.3 cm³/mol. The van der Waals surface area contributed by atoms with Gasteiger partial charge in [-0.2, -0.15) is 0 Å². The van der Waals surface area contributed by atoms with Crippen molar-refractivity contribution >= 4 is 11.3 Å². The normalized spacial score (nSPS) is 12.6. The molecular weight excluding hydrogens is 218 g/mol. The predicted octanol–water partition coefficient (Wildman–Crippen LogP) is 2.70. The van der Waals surface area contributed by atoms with Gasteiger partial charge in [0.05, 0.1) is 5.01 Å². The molecule has 0 saturated carbocycles. The molecule has 2 aromatic heterocycles. The number of pyridine rings is 1. The number of hydrogen-bond acceptors (Lipinski definition) is 4. The van der Waals surface area contributed by atoms with Crippen LogP contribution >= 0.6 is 11.3 Å². The molecule has 0 aliphatic carbocycles. The number of aryl methyl sites for hydroxylation is 1. The summed E-state index contributed by atoms with van der Waals surface area (Å²) in [6.45, 7) is 5.05. The summed E-state index contributed by atoms with van der Waals surface area (Å²) in [7, 11) is 0. The van der Waals surface area contributed by atoms with Crippen LogP contribution in [0.4, 0.5) is 0 Å². The highest BCUT2D eigenvalue weighted by Gasteiger charge is 2.05. The molecule has 16 heavy (non-hydrogen) atoms. The smallest absolute Gasteiger partial charge is 0.0897 e. The number of hydrogen-bond donors (Lipinski definition) is 1. The summed E-state index contributed by atoms with van der Waals surface area (Å²) in [5.74, 6) is 0. The molecule has 0 aromatic carbocycles. The number of nitrogens with zero attached hydrogens (tertiary/aromatic N) is 2. The van der Waals surface area contributed by atoms with Crippen LogP contribution < -0.4 is 5.32 Å². The van der Waals surface area contributed by atoms with Crippen LogP contribution in [0.3, 0.4) is 0 Å². The number of aromatic nitrogens is 2. The molecule has 0 saturated heterocycles. The molecule has 1 N–H and O–H groups in total. The Morgan fingerprint density at radius 2 is 2.12 bits per heavy atom. The molecule has 0 amide bonds. The molecule has 0 radical (unpaired) electrons. The van der Waals surface area contributed by atoms with Crippen LogP contribution in [-0.2, 0) is 6.54 Å². The van der Waals surface area contributed by atoms with Gasteiger partial charge in [-0.3, -0.25) is 4.98 Å². The maximum Gasteiger partial charge on any atom is 0.0897 e. The van der Waals surface area contributed by atoms with E-state index in [4.69, 9.17) is 0 Å². The Hall–Kier alpha value is -1.26. The van der Waals surface area contributed by atoms with Gasteiger partial charge in [0.1, 0.15) is 0 Å². The first-order valence-corrected chi connectivity index (χ1v) is 6.12. The molecule has 0 fully saturated rings. The summed E-state index contributed by atoms with van der Waals surface area (Å²) >= 11 is 1.74. The van der Waals surface area contributed by atoms with E-state index in [-0.39, 0.29) is 0 Å². The Kier molecular flexibility index (Phi) is 3.64. The van der Waals surface area contributed by atoms with E-state index >= 15 is 0 Å². The molecule has 1 atom stereocenters. The zero-order chi connectivity index (χ0) is 11.4. The molecule has 0 aliphatic heterocycles. The average Bonchev–Trinajstić information content (AvgIpc) is 2.73. The Morgan fingerprint density at radius 3 is 2.75 bits per heavy atom. The first kappa shape index (κ1) is 11.2. The number of rotatable bonds is 4. The second kappa shape index (κ2) is 5.18.